The summed E-state index contributed by atoms with van der Waals surface area (Å²) in [5.41, 5.74) is 6.43. The number of aromatic nitrogens is 3. The van der Waals surface area contributed by atoms with E-state index in [-0.39, 0.29) is 11.2 Å². The van der Waals surface area contributed by atoms with Crippen LogP contribution in [-0.2, 0) is 0 Å². The van der Waals surface area contributed by atoms with Gasteiger partial charge in [-0.1, -0.05) is 20.8 Å². The number of nitrogens with two attached hydrogens (primary N) is 1. The molecule has 0 amide bonds. The number of halogens is 1. The van der Waals surface area contributed by atoms with E-state index < -0.39 is 0 Å². The molecule has 0 atom stereocenters. The van der Waals surface area contributed by atoms with Gasteiger partial charge in [-0.2, -0.15) is 4.98 Å². The molecule has 0 bridgehead atoms. The fraction of sp³-hybridized carbons (Fsp3) is 0.571. The Bertz CT molecular complexity index is 578. The molecule has 0 aliphatic carbocycles. The number of fused-ring (bicyclic) bond motifs is 1. The second-order valence-corrected chi connectivity index (χ2v) is 5.85. The number of anilines is 1. The molecule has 2 N–H and O–H groups in total. The summed E-state index contributed by atoms with van der Waals surface area (Å²) in [6, 6.07) is 3.02. The zero-order chi connectivity index (χ0) is 14.8. The van der Waals surface area contributed by atoms with Crippen molar-refractivity contribution in [2.24, 2.45) is 11.1 Å². The minimum atomic E-state index is -0.321. The number of nitrogens with zero attached hydrogens (tertiary/aromatic N) is 4. The van der Waals surface area contributed by atoms with Gasteiger partial charge in [-0.3, -0.25) is 0 Å². The first kappa shape index (κ1) is 14.7. The summed E-state index contributed by atoms with van der Waals surface area (Å²) in [6.07, 6.45) is 2.33. The van der Waals surface area contributed by atoms with E-state index in [4.69, 9.17) is 5.73 Å². The Labute approximate surface area is 118 Å². The molecule has 110 valence electrons. The van der Waals surface area contributed by atoms with Crippen molar-refractivity contribution in [1.29, 1.82) is 0 Å². The highest BCUT2D eigenvalue weighted by Crippen LogP contribution is 2.20. The Morgan fingerprint density at radius 3 is 2.80 bits per heavy atom. The van der Waals surface area contributed by atoms with Crippen molar-refractivity contribution in [1.82, 2.24) is 14.6 Å². The first-order valence-corrected chi connectivity index (χ1v) is 6.92. The molecule has 6 heteroatoms. The molecule has 0 unspecified atom stereocenters. The van der Waals surface area contributed by atoms with Crippen LogP contribution < -0.4 is 10.6 Å². The summed E-state index contributed by atoms with van der Waals surface area (Å²) >= 11 is 0. The number of pyridine rings is 1. The average molecular weight is 279 g/mol. The lowest BCUT2D eigenvalue weighted by atomic mass is 9.93. The lowest BCUT2D eigenvalue weighted by Gasteiger charge is -2.30. The van der Waals surface area contributed by atoms with Crippen LogP contribution in [0, 0.1) is 11.2 Å². The molecule has 2 rings (SSSR count). The van der Waals surface area contributed by atoms with Crippen LogP contribution in [0.2, 0.25) is 0 Å². The summed E-state index contributed by atoms with van der Waals surface area (Å²) in [4.78, 5) is 6.57. The van der Waals surface area contributed by atoms with E-state index >= 15 is 0 Å². The SMILES string of the molecule is CCCN(CC(C)(C)CN)c1nc2ccc(F)cn2n1. The van der Waals surface area contributed by atoms with Crippen LogP contribution in [0.1, 0.15) is 27.2 Å². The Morgan fingerprint density at radius 2 is 2.15 bits per heavy atom. The molecule has 0 aliphatic rings. The predicted octanol–water partition coefficient (Wildman–Crippen LogP) is 2.07. The maximum atomic E-state index is 13.2. The molecule has 0 aliphatic heterocycles. The molecule has 0 fully saturated rings. The molecule has 2 aromatic rings. The summed E-state index contributed by atoms with van der Waals surface area (Å²) in [6.45, 7) is 8.56. The third kappa shape index (κ3) is 3.25. The minimum absolute atomic E-state index is 0.0160. The lowest BCUT2D eigenvalue weighted by molar-refractivity contribution is 0.375. The van der Waals surface area contributed by atoms with Crippen molar-refractivity contribution in [3.05, 3.63) is 24.1 Å². The molecule has 0 saturated carbocycles. The normalized spacial score (nSPS) is 12.1. The topological polar surface area (TPSA) is 59.5 Å². The van der Waals surface area contributed by atoms with Gasteiger partial charge in [0, 0.05) is 13.1 Å². The van der Waals surface area contributed by atoms with Crippen LogP contribution in [-0.4, -0.2) is 34.2 Å². The van der Waals surface area contributed by atoms with Crippen molar-refractivity contribution >= 4 is 11.6 Å². The standard InChI is InChI=1S/C14H22FN5/c1-4-7-19(10-14(2,3)9-16)13-17-12-6-5-11(15)8-20(12)18-13/h5-6,8H,4,7,9-10,16H2,1-3H3. The predicted molar refractivity (Wildman–Crippen MR) is 78.3 cm³/mol. The van der Waals surface area contributed by atoms with Gasteiger partial charge in [0.2, 0.25) is 5.95 Å². The van der Waals surface area contributed by atoms with E-state index in [1.165, 1.54) is 16.8 Å². The zero-order valence-corrected chi connectivity index (χ0v) is 12.3. The van der Waals surface area contributed by atoms with Crippen LogP contribution in [0.25, 0.3) is 5.65 Å². The fourth-order valence-electron chi connectivity index (χ4n) is 2.08. The van der Waals surface area contributed by atoms with Crippen molar-refractivity contribution in [3.63, 3.8) is 0 Å². The fourth-order valence-corrected chi connectivity index (χ4v) is 2.08. The third-order valence-electron chi connectivity index (χ3n) is 3.23. The summed E-state index contributed by atoms with van der Waals surface area (Å²) < 4.78 is 14.7. The summed E-state index contributed by atoms with van der Waals surface area (Å²) in [5.74, 6) is 0.303. The van der Waals surface area contributed by atoms with E-state index in [1.54, 1.807) is 6.07 Å². The van der Waals surface area contributed by atoms with E-state index in [0.29, 0.717) is 18.1 Å². The van der Waals surface area contributed by atoms with Gasteiger partial charge in [0.1, 0.15) is 5.82 Å². The monoisotopic (exact) mass is 279 g/mol. The lowest BCUT2D eigenvalue weighted by Crippen LogP contribution is -2.39. The largest absolute Gasteiger partial charge is 0.339 e. The Balaban J connectivity index is 2.31. The molecular formula is C14H22FN5. The van der Waals surface area contributed by atoms with Gasteiger partial charge in [-0.25, -0.2) is 8.91 Å². The molecule has 2 aromatic heterocycles. The zero-order valence-electron chi connectivity index (χ0n) is 12.3. The molecule has 0 spiro atoms. The summed E-state index contributed by atoms with van der Waals surface area (Å²) in [5, 5.41) is 4.36. The molecule has 0 aromatic carbocycles. The Kier molecular flexibility index (Phi) is 4.23. The van der Waals surface area contributed by atoms with Crippen molar-refractivity contribution in [2.75, 3.05) is 24.5 Å². The van der Waals surface area contributed by atoms with E-state index in [9.17, 15) is 4.39 Å². The van der Waals surface area contributed by atoms with Gasteiger partial charge in [-0.15, -0.1) is 5.10 Å². The van der Waals surface area contributed by atoms with Gasteiger partial charge in [-0.05, 0) is 30.5 Å². The smallest absolute Gasteiger partial charge is 0.245 e. The molecule has 5 nitrogen and oxygen atoms in total. The van der Waals surface area contributed by atoms with E-state index in [1.807, 2.05) is 0 Å². The second kappa shape index (κ2) is 5.75. The number of rotatable bonds is 6. The maximum Gasteiger partial charge on any atom is 0.245 e. The Hall–Kier alpha value is -1.69. The molecule has 0 radical (unpaired) electrons. The van der Waals surface area contributed by atoms with Crippen molar-refractivity contribution in [2.45, 2.75) is 27.2 Å². The van der Waals surface area contributed by atoms with Gasteiger partial charge >= 0.3 is 0 Å². The second-order valence-electron chi connectivity index (χ2n) is 5.85. The van der Waals surface area contributed by atoms with Crippen LogP contribution in [0.3, 0.4) is 0 Å². The first-order chi connectivity index (χ1) is 9.45. The highest BCUT2D eigenvalue weighted by Gasteiger charge is 2.22. The highest BCUT2D eigenvalue weighted by molar-refractivity contribution is 5.44. The molecule has 0 saturated heterocycles. The molecule has 2 heterocycles. The number of hydrogen-bond donors (Lipinski definition) is 1. The highest BCUT2D eigenvalue weighted by atomic mass is 19.1. The molecular weight excluding hydrogens is 257 g/mol. The van der Waals surface area contributed by atoms with E-state index in [0.717, 1.165) is 19.5 Å². The quantitative estimate of drug-likeness (QED) is 0.879. The van der Waals surface area contributed by atoms with Crippen molar-refractivity contribution in [3.8, 4) is 0 Å². The maximum absolute atomic E-state index is 13.2. The first-order valence-electron chi connectivity index (χ1n) is 6.92. The van der Waals surface area contributed by atoms with Crippen LogP contribution in [0.5, 0.6) is 0 Å². The van der Waals surface area contributed by atoms with Crippen molar-refractivity contribution < 1.29 is 4.39 Å². The van der Waals surface area contributed by atoms with Crippen LogP contribution in [0.4, 0.5) is 10.3 Å². The van der Waals surface area contributed by atoms with E-state index in [2.05, 4.69) is 35.8 Å². The van der Waals surface area contributed by atoms with Crippen LogP contribution in [0.15, 0.2) is 18.3 Å². The van der Waals surface area contributed by atoms with Gasteiger partial charge in [0.25, 0.3) is 0 Å². The van der Waals surface area contributed by atoms with Gasteiger partial charge in [0.05, 0.1) is 6.20 Å². The summed E-state index contributed by atoms with van der Waals surface area (Å²) in [7, 11) is 0. The average Bonchev–Trinajstić information content (AvgIpc) is 2.81. The third-order valence-corrected chi connectivity index (χ3v) is 3.23. The van der Waals surface area contributed by atoms with Gasteiger partial charge in [0.15, 0.2) is 5.65 Å². The van der Waals surface area contributed by atoms with Gasteiger partial charge < -0.3 is 10.6 Å². The van der Waals surface area contributed by atoms with Crippen LogP contribution >= 0.6 is 0 Å². The number of hydrogen-bond acceptors (Lipinski definition) is 4. The Morgan fingerprint density at radius 1 is 1.40 bits per heavy atom. The minimum Gasteiger partial charge on any atom is -0.339 e. The molecule has 20 heavy (non-hydrogen) atoms.